The molecule has 0 aliphatic heterocycles. The number of benzene rings is 1. The van der Waals surface area contributed by atoms with Crippen molar-refractivity contribution in [2.45, 2.75) is 32.5 Å². The third-order valence-corrected chi connectivity index (χ3v) is 5.40. The van der Waals surface area contributed by atoms with Crippen LogP contribution in [0.4, 0.5) is 0 Å². The van der Waals surface area contributed by atoms with Crippen molar-refractivity contribution in [1.82, 2.24) is 5.32 Å². The van der Waals surface area contributed by atoms with E-state index in [1.54, 1.807) is 7.05 Å². The third-order valence-electron chi connectivity index (χ3n) is 2.88. The first-order valence-electron chi connectivity index (χ1n) is 6.76. The summed E-state index contributed by atoms with van der Waals surface area (Å²) in [6, 6.07) is 10.1. The second-order valence-electron chi connectivity index (χ2n) is 4.20. The van der Waals surface area contributed by atoms with Gasteiger partial charge in [0.2, 0.25) is 0 Å². The molecule has 1 rings (SSSR count). The third kappa shape index (κ3) is 5.07. The van der Waals surface area contributed by atoms with E-state index in [4.69, 9.17) is 9.05 Å². The molecule has 5 heteroatoms. The summed E-state index contributed by atoms with van der Waals surface area (Å²) in [5.41, 5.74) is 1.22. The van der Waals surface area contributed by atoms with E-state index >= 15 is 0 Å². The van der Waals surface area contributed by atoms with E-state index < -0.39 is 7.60 Å². The predicted octanol–water partition coefficient (Wildman–Crippen LogP) is 3.43. The fraction of sp³-hybridized carbons (Fsp3) is 0.571. The van der Waals surface area contributed by atoms with E-state index in [1.807, 2.05) is 32.0 Å². The highest BCUT2D eigenvalue weighted by atomic mass is 31.2. The Morgan fingerprint density at radius 1 is 1.16 bits per heavy atom. The van der Waals surface area contributed by atoms with Gasteiger partial charge in [-0.2, -0.15) is 0 Å². The largest absolute Gasteiger partial charge is 0.347 e. The van der Waals surface area contributed by atoms with E-state index in [0.717, 1.165) is 12.8 Å². The number of rotatable bonds is 9. The highest BCUT2D eigenvalue weighted by molar-refractivity contribution is 7.54. The van der Waals surface area contributed by atoms with Crippen molar-refractivity contribution in [3.8, 4) is 0 Å². The van der Waals surface area contributed by atoms with Crippen molar-refractivity contribution >= 4 is 7.60 Å². The van der Waals surface area contributed by atoms with Gasteiger partial charge >= 0.3 is 7.60 Å². The summed E-state index contributed by atoms with van der Waals surface area (Å²) in [7, 11) is -1.29. The predicted molar refractivity (Wildman–Crippen MR) is 78.5 cm³/mol. The molecule has 1 unspecified atom stereocenters. The summed E-state index contributed by atoms with van der Waals surface area (Å²) in [5, 5.41) is 3.07. The maximum Gasteiger partial charge on any atom is 0.347 e. The minimum absolute atomic E-state index is 0.271. The van der Waals surface area contributed by atoms with Crippen LogP contribution in [0.5, 0.6) is 0 Å². The SMILES string of the molecule is CCOP(=O)(OCC)C(CCc1ccccc1)NC. The van der Waals surface area contributed by atoms with Crippen LogP contribution in [0, 0.1) is 0 Å². The van der Waals surface area contributed by atoms with E-state index in [9.17, 15) is 4.57 Å². The van der Waals surface area contributed by atoms with Crippen molar-refractivity contribution in [2.24, 2.45) is 0 Å². The van der Waals surface area contributed by atoms with Gasteiger partial charge in [0, 0.05) is 0 Å². The summed E-state index contributed by atoms with van der Waals surface area (Å²) in [5.74, 6) is -0.271. The molecule has 0 heterocycles. The summed E-state index contributed by atoms with van der Waals surface area (Å²) in [6.07, 6.45) is 1.56. The molecule has 0 saturated carbocycles. The molecule has 0 aliphatic carbocycles. The van der Waals surface area contributed by atoms with E-state index in [-0.39, 0.29) is 5.78 Å². The second-order valence-corrected chi connectivity index (χ2v) is 6.42. The molecule has 108 valence electrons. The number of aryl methyl sites for hydroxylation is 1. The number of hydrogen-bond acceptors (Lipinski definition) is 4. The Bertz CT molecular complexity index is 387. The fourth-order valence-electron chi connectivity index (χ4n) is 1.99. The van der Waals surface area contributed by atoms with Crippen LogP contribution in [0.3, 0.4) is 0 Å². The van der Waals surface area contributed by atoms with E-state index in [0.29, 0.717) is 13.2 Å². The van der Waals surface area contributed by atoms with Crippen LogP contribution < -0.4 is 5.32 Å². The van der Waals surface area contributed by atoms with Gasteiger partial charge in [0.15, 0.2) is 0 Å². The Morgan fingerprint density at radius 3 is 2.21 bits per heavy atom. The van der Waals surface area contributed by atoms with Crippen LogP contribution in [-0.4, -0.2) is 26.0 Å². The van der Waals surface area contributed by atoms with Crippen LogP contribution in [0.2, 0.25) is 0 Å². The minimum Gasteiger partial charge on any atom is -0.308 e. The lowest BCUT2D eigenvalue weighted by Crippen LogP contribution is -2.28. The van der Waals surface area contributed by atoms with Gasteiger partial charge in [-0.05, 0) is 39.3 Å². The standard InChI is InChI=1S/C14H24NO3P/c1-4-17-19(16,18-5-2)14(15-3)12-11-13-9-7-6-8-10-13/h6-10,14-15H,4-5,11-12H2,1-3H3. The zero-order valence-electron chi connectivity index (χ0n) is 12.0. The van der Waals surface area contributed by atoms with Gasteiger partial charge in [-0.3, -0.25) is 4.57 Å². The Morgan fingerprint density at radius 2 is 1.74 bits per heavy atom. The minimum atomic E-state index is -3.08. The average Bonchev–Trinajstić information content (AvgIpc) is 2.41. The van der Waals surface area contributed by atoms with Gasteiger partial charge in [-0.1, -0.05) is 30.3 Å². The summed E-state index contributed by atoms with van der Waals surface area (Å²) >= 11 is 0. The van der Waals surface area contributed by atoms with Crippen molar-refractivity contribution < 1.29 is 13.6 Å². The highest BCUT2D eigenvalue weighted by Gasteiger charge is 2.33. The average molecular weight is 285 g/mol. The second kappa shape index (κ2) is 8.49. The molecule has 0 bridgehead atoms. The molecular weight excluding hydrogens is 261 g/mol. The molecule has 19 heavy (non-hydrogen) atoms. The molecule has 0 aromatic heterocycles. The monoisotopic (exact) mass is 285 g/mol. The first-order chi connectivity index (χ1) is 9.16. The number of hydrogen-bond donors (Lipinski definition) is 1. The van der Waals surface area contributed by atoms with Crippen molar-refractivity contribution in [2.75, 3.05) is 20.3 Å². The molecule has 4 nitrogen and oxygen atoms in total. The molecule has 1 N–H and O–H groups in total. The highest BCUT2D eigenvalue weighted by Crippen LogP contribution is 2.53. The molecule has 0 saturated heterocycles. The first-order valence-corrected chi connectivity index (χ1v) is 8.37. The van der Waals surface area contributed by atoms with Crippen molar-refractivity contribution in [1.29, 1.82) is 0 Å². The lowest BCUT2D eigenvalue weighted by atomic mass is 10.1. The van der Waals surface area contributed by atoms with Crippen LogP contribution in [-0.2, 0) is 20.0 Å². The summed E-state index contributed by atoms with van der Waals surface area (Å²) in [4.78, 5) is 0. The van der Waals surface area contributed by atoms with Gasteiger partial charge < -0.3 is 14.4 Å². The molecule has 0 spiro atoms. The van der Waals surface area contributed by atoms with Crippen LogP contribution in [0.1, 0.15) is 25.8 Å². The van der Waals surface area contributed by atoms with Crippen LogP contribution in [0.25, 0.3) is 0 Å². The van der Waals surface area contributed by atoms with Crippen LogP contribution in [0.15, 0.2) is 30.3 Å². The Kier molecular flexibility index (Phi) is 7.32. The van der Waals surface area contributed by atoms with Crippen LogP contribution >= 0.6 is 7.60 Å². The zero-order valence-corrected chi connectivity index (χ0v) is 12.9. The normalized spacial score (nSPS) is 13.4. The molecule has 1 atom stereocenters. The fourth-order valence-corrected chi connectivity index (χ4v) is 3.90. The van der Waals surface area contributed by atoms with Crippen molar-refractivity contribution in [3.63, 3.8) is 0 Å². The topological polar surface area (TPSA) is 47.6 Å². The molecular formula is C14H24NO3P. The van der Waals surface area contributed by atoms with Gasteiger partial charge in [-0.25, -0.2) is 0 Å². The van der Waals surface area contributed by atoms with Gasteiger partial charge in [0.25, 0.3) is 0 Å². The Balaban J connectivity index is 2.67. The summed E-state index contributed by atoms with van der Waals surface area (Å²) in [6.45, 7) is 4.44. The van der Waals surface area contributed by atoms with E-state index in [2.05, 4.69) is 17.4 Å². The molecule has 1 aromatic rings. The number of nitrogens with one attached hydrogen (secondary N) is 1. The quantitative estimate of drug-likeness (QED) is 0.706. The lowest BCUT2D eigenvalue weighted by Gasteiger charge is -2.25. The molecule has 0 radical (unpaired) electrons. The zero-order chi connectivity index (χ0) is 14.1. The van der Waals surface area contributed by atoms with E-state index in [1.165, 1.54) is 5.56 Å². The lowest BCUT2D eigenvalue weighted by molar-refractivity contribution is 0.207. The van der Waals surface area contributed by atoms with Gasteiger partial charge in [0.05, 0.1) is 13.2 Å². The molecule has 0 fully saturated rings. The Hall–Kier alpha value is -0.670. The smallest absolute Gasteiger partial charge is 0.308 e. The van der Waals surface area contributed by atoms with Gasteiger partial charge in [0.1, 0.15) is 5.78 Å². The first kappa shape index (κ1) is 16.4. The van der Waals surface area contributed by atoms with Gasteiger partial charge in [-0.15, -0.1) is 0 Å². The molecule has 0 amide bonds. The molecule has 1 aromatic carbocycles. The maximum atomic E-state index is 12.7. The maximum absolute atomic E-state index is 12.7. The van der Waals surface area contributed by atoms with Crippen molar-refractivity contribution in [3.05, 3.63) is 35.9 Å². The molecule has 0 aliphatic rings. The summed E-state index contributed by atoms with van der Waals surface area (Å²) < 4.78 is 23.4. The Labute approximate surface area is 116 Å².